The van der Waals surface area contributed by atoms with Crippen LogP contribution in [0.25, 0.3) is 10.8 Å². The molecular formula is C20H18F2N2O. The third-order valence-electron chi connectivity index (χ3n) is 4.06. The van der Waals surface area contributed by atoms with E-state index in [-0.39, 0.29) is 12.5 Å². The molecule has 25 heavy (non-hydrogen) atoms. The number of fused-ring (bicyclic) bond motifs is 1. The van der Waals surface area contributed by atoms with Gasteiger partial charge in [-0.15, -0.1) is 0 Å². The number of carbonyl (C=O) groups excluding carboxylic acids is 1. The van der Waals surface area contributed by atoms with Crippen LogP contribution in [-0.2, 0) is 4.79 Å². The monoisotopic (exact) mass is 340 g/mol. The van der Waals surface area contributed by atoms with Gasteiger partial charge in [-0.2, -0.15) is 0 Å². The molecule has 0 radical (unpaired) electrons. The van der Waals surface area contributed by atoms with Gasteiger partial charge in [0, 0.05) is 28.7 Å². The molecule has 0 bridgehead atoms. The summed E-state index contributed by atoms with van der Waals surface area (Å²) in [6, 6.07) is 16.5. The standard InChI is InChI=1S/C20H18F2N2O/c1-13(16-10-9-15(21)11-18(16)22)23-12-20(25)24-19-8-4-6-14-5-2-3-7-17(14)19/h2-11,13,23H,12H2,1H3,(H,24,25)/t13-/m0/s1. The van der Waals surface area contributed by atoms with Gasteiger partial charge in [-0.1, -0.05) is 42.5 Å². The number of amides is 1. The molecule has 3 nitrogen and oxygen atoms in total. The molecule has 5 heteroatoms. The van der Waals surface area contributed by atoms with Crippen LogP contribution in [0.15, 0.2) is 60.7 Å². The molecule has 0 saturated heterocycles. The summed E-state index contributed by atoms with van der Waals surface area (Å²) in [5.41, 5.74) is 1.05. The fraction of sp³-hybridized carbons (Fsp3) is 0.150. The topological polar surface area (TPSA) is 41.1 Å². The van der Waals surface area contributed by atoms with Crippen LogP contribution in [-0.4, -0.2) is 12.5 Å². The number of carbonyl (C=O) groups is 1. The Morgan fingerprint density at radius 1 is 1.04 bits per heavy atom. The van der Waals surface area contributed by atoms with Crippen LogP contribution < -0.4 is 10.6 Å². The van der Waals surface area contributed by atoms with Crippen LogP contribution >= 0.6 is 0 Å². The number of hydrogen-bond donors (Lipinski definition) is 2. The highest BCUT2D eigenvalue weighted by Gasteiger charge is 2.13. The maximum Gasteiger partial charge on any atom is 0.238 e. The van der Waals surface area contributed by atoms with Crippen molar-refractivity contribution in [2.75, 3.05) is 11.9 Å². The second kappa shape index (κ2) is 7.40. The van der Waals surface area contributed by atoms with Crippen molar-refractivity contribution in [2.24, 2.45) is 0 Å². The van der Waals surface area contributed by atoms with E-state index in [0.29, 0.717) is 5.56 Å². The molecule has 0 aliphatic rings. The molecule has 0 aliphatic heterocycles. The summed E-state index contributed by atoms with van der Waals surface area (Å²) in [7, 11) is 0. The van der Waals surface area contributed by atoms with Crippen LogP contribution in [0, 0.1) is 11.6 Å². The molecule has 0 spiro atoms. The SMILES string of the molecule is C[C@H](NCC(=O)Nc1cccc2ccccc12)c1ccc(F)cc1F. The average molecular weight is 340 g/mol. The Balaban J connectivity index is 1.64. The average Bonchev–Trinajstić information content (AvgIpc) is 2.60. The van der Waals surface area contributed by atoms with E-state index in [0.717, 1.165) is 22.5 Å². The predicted molar refractivity (Wildman–Crippen MR) is 95.4 cm³/mol. The third-order valence-corrected chi connectivity index (χ3v) is 4.06. The second-order valence-corrected chi connectivity index (χ2v) is 5.84. The highest BCUT2D eigenvalue weighted by atomic mass is 19.1. The van der Waals surface area contributed by atoms with Gasteiger partial charge in [-0.05, 0) is 24.4 Å². The molecule has 3 rings (SSSR count). The van der Waals surface area contributed by atoms with E-state index in [1.165, 1.54) is 12.1 Å². The molecule has 0 saturated carbocycles. The van der Waals surface area contributed by atoms with Crippen molar-refractivity contribution in [3.05, 3.63) is 77.9 Å². The molecule has 128 valence electrons. The van der Waals surface area contributed by atoms with E-state index in [9.17, 15) is 13.6 Å². The Kier molecular flexibility index (Phi) is 5.05. The van der Waals surface area contributed by atoms with Crippen LogP contribution in [0.4, 0.5) is 14.5 Å². The number of anilines is 1. The van der Waals surface area contributed by atoms with Gasteiger partial charge >= 0.3 is 0 Å². The van der Waals surface area contributed by atoms with Gasteiger partial charge in [-0.25, -0.2) is 8.78 Å². The van der Waals surface area contributed by atoms with E-state index in [1.807, 2.05) is 42.5 Å². The first kappa shape index (κ1) is 17.0. The van der Waals surface area contributed by atoms with E-state index in [2.05, 4.69) is 10.6 Å². The van der Waals surface area contributed by atoms with Crippen molar-refractivity contribution in [1.29, 1.82) is 0 Å². The van der Waals surface area contributed by atoms with Gasteiger partial charge in [0.15, 0.2) is 0 Å². The molecule has 3 aromatic rings. The van der Waals surface area contributed by atoms with Gasteiger partial charge in [0.25, 0.3) is 0 Å². The molecule has 1 amide bonds. The summed E-state index contributed by atoms with van der Waals surface area (Å²) in [6.45, 7) is 1.74. The Morgan fingerprint density at radius 3 is 2.60 bits per heavy atom. The summed E-state index contributed by atoms with van der Waals surface area (Å²) in [5.74, 6) is -1.48. The Morgan fingerprint density at radius 2 is 1.80 bits per heavy atom. The molecule has 0 heterocycles. The lowest BCUT2D eigenvalue weighted by molar-refractivity contribution is -0.115. The van der Waals surface area contributed by atoms with E-state index in [4.69, 9.17) is 0 Å². The van der Waals surface area contributed by atoms with Crippen LogP contribution in [0.5, 0.6) is 0 Å². The van der Waals surface area contributed by atoms with Crippen molar-refractivity contribution in [1.82, 2.24) is 5.32 Å². The van der Waals surface area contributed by atoms with E-state index < -0.39 is 17.7 Å². The molecule has 1 atom stereocenters. The highest BCUT2D eigenvalue weighted by molar-refractivity contribution is 6.02. The minimum Gasteiger partial charge on any atom is -0.324 e. The Bertz CT molecular complexity index is 906. The Hall–Kier alpha value is -2.79. The maximum atomic E-state index is 13.8. The largest absolute Gasteiger partial charge is 0.324 e. The van der Waals surface area contributed by atoms with Gasteiger partial charge in [0.05, 0.1) is 6.54 Å². The molecule has 0 aliphatic carbocycles. The van der Waals surface area contributed by atoms with E-state index >= 15 is 0 Å². The second-order valence-electron chi connectivity index (χ2n) is 5.84. The third kappa shape index (κ3) is 4.00. The summed E-state index contributed by atoms with van der Waals surface area (Å²) in [6.07, 6.45) is 0. The number of nitrogens with one attached hydrogen (secondary N) is 2. The summed E-state index contributed by atoms with van der Waals surface area (Å²) < 4.78 is 26.7. The first-order chi connectivity index (χ1) is 12.0. The van der Waals surface area contributed by atoms with Gasteiger partial charge in [0.2, 0.25) is 5.91 Å². The lowest BCUT2D eigenvalue weighted by Crippen LogP contribution is -2.30. The van der Waals surface area contributed by atoms with Crippen molar-refractivity contribution in [3.8, 4) is 0 Å². The van der Waals surface area contributed by atoms with Crippen LogP contribution in [0.1, 0.15) is 18.5 Å². The number of benzene rings is 3. The predicted octanol–water partition coefficient (Wildman–Crippen LogP) is 4.41. The zero-order chi connectivity index (χ0) is 17.8. The summed E-state index contributed by atoms with van der Waals surface area (Å²) in [5, 5.41) is 7.80. The Labute approximate surface area is 144 Å². The summed E-state index contributed by atoms with van der Waals surface area (Å²) >= 11 is 0. The van der Waals surface area contributed by atoms with Gasteiger partial charge in [-0.3, -0.25) is 4.79 Å². The van der Waals surface area contributed by atoms with Crippen LogP contribution in [0.2, 0.25) is 0 Å². The summed E-state index contributed by atoms with van der Waals surface area (Å²) in [4.78, 5) is 12.2. The minimum absolute atomic E-state index is 0.0151. The normalized spacial score (nSPS) is 12.1. The smallest absolute Gasteiger partial charge is 0.238 e. The lowest BCUT2D eigenvalue weighted by atomic mass is 10.1. The number of hydrogen-bond acceptors (Lipinski definition) is 2. The highest BCUT2D eigenvalue weighted by Crippen LogP contribution is 2.23. The molecule has 0 unspecified atom stereocenters. The van der Waals surface area contributed by atoms with Gasteiger partial charge in [0.1, 0.15) is 11.6 Å². The van der Waals surface area contributed by atoms with Gasteiger partial charge < -0.3 is 10.6 Å². The van der Waals surface area contributed by atoms with Crippen molar-refractivity contribution >= 4 is 22.4 Å². The fourth-order valence-electron chi connectivity index (χ4n) is 2.74. The quantitative estimate of drug-likeness (QED) is 0.722. The van der Waals surface area contributed by atoms with Crippen molar-refractivity contribution in [2.45, 2.75) is 13.0 Å². The molecule has 2 N–H and O–H groups in total. The van der Waals surface area contributed by atoms with Crippen molar-refractivity contribution in [3.63, 3.8) is 0 Å². The zero-order valence-electron chi connectivity index (χ0n) is 13.7. The molecule has 3 aromatic carbocycles. The minimum atomic E-state index is -0.630. The molecular weight excluding hydrogens is 322 g/mol. The lowest BCUT2D eigenvalue weighted by Gasteiger charge is -2.15. The van der Waals surface area contributed by atoms with Crippen LogP contribution in [0.3, 0.4) is 0 Å². The fourth-order valence-corrected chi connectivity index (χ4v) is 2.74. The molecule has 0 aromatic heterocycles. The first-order valence-corrected chi connectivity index (χ1v) is 8.00. The molecule has 0 fully saturated rings. The number of rotatable bonds is 5. The van der Waals surface area contributed by atoms with Crippen molar-refractivity contribution < 1.29 is 13.6 Å². The zero-order valence-corrected chi connectivity index (χ0v) is 13.7. The maximum absolute atomic E-state index is 13.8. The first-order valence-electron chi connectivity index (χ1n) is 8.00. The van der Waals surface area contributed by atoms with E-state index in [1.54, 1.807) is 6.92 Å². The number of halogens is 2.